The van der Waals surface area contributed by atoms with E-state index in [-0.39, 0.29) is 11.3 Å². The number of nitro groups is 1. The van der Waals surface area contributed by atoms with Crippen molar-refractivity contribution in [2.45, 2.75) is 6.54 Å². The summed E-state index contributed by atoms with van der Waals surface area (Å²) in [6.07, 6.45) is 1.30. The maximum Gasteiger partial charge on any atom is 0.331 e. The average Bonchev–Trinajstić information content (AvgIpc) is 2.47. The number of aryl methyl sites for hydroxylation is 1. The highest BCUT2D eigenvalue weighted by Crippen LogP contribution is 2.13. The number of Topliss-reactive ketones (excluding diaryl/α,β-unsaturated/α-hetero) is 1. The van der Waals surface area contributed by atoms with Crippen molar-refractivity contribution in [3.05, 3.63) is 73.0 Å². The van der Waals surface area contributed by atoms with Crippen molar-refractivity contribution in [2.24, 2.45) is 7.05 Å². The third-order valence-corrected chi connectivity index (χ3v) is 2.92. The van der Waals surface area contributed by atoms with Gasteiger partial charge in [0.15, 0.2) is 5.78 Å². The molecule has 0 bridgehead atoms. The first-order valence-electron chi connectivity index (χ1n) is 5.94. The van der Waals surface area contributed by atoms with Crippen molar-refractivity contribution in [1.29, 1.82) is 0 Å². The highest BCUT2D eigenvalue weighted by atomic mass is 16.6. The topological polar surface area (TPSA) is 104 Å². The zero-order valence-corrected chi connectivity index (χ0v) is 11.1. The van der Waals surface area contributed by atoms with E-state index in [1.807, 2.05) is 0 Å². The van der Waals surface area contributed by atoms with Gasteiger partial charge in [-0.2, -0.15) is 0 Å². The molecule has 0 aliphatic carbocycles. The molecule has 0 unspecified atom stereocenters. The predicted octanol–water partition coefficient (Wildman–Crippen LogP) is 0.338. The van der Waals surface area contributed by atoms with Crippen molar-refractivity contribution in [1.82, 2.24) is 9.13 Å². The number of hydrogen-bond donors (Lipinski definition) is 0. The molecule has 0 saturated carbocycles. The molecule has 2 rings (SSSR count). The van der Waals surface area contributed by atoms with E-state index < -0.39 is 28.5 Å². The van der Waals surface area contributed by atoms with Gasteiger partial charge in [-0.1, -0.05) is 12.1 Å². The molecule has 0 aliphatic rings. The van der Waals surface area contributed by atoms with Crippen LogP contribution in [0.5, 0.6) is 0 Å². The SMILES string of the molecule is Cn1ccc(=O)n(CC(=O)c2cccc([N+](=O)[O-])c2)c1=O. The van der Waals surface area contributed by atoms with Crippen molar-refractivity contribution in [3.63, 3.8) is 0 Å². The van der Waals surface area contributed by atoms with Gasteiger partial charge in [0.2, 0.25) is 0 Å². The van der Waals surface area contributed by atoms with E-state index in [2.05, 4.69) is 0 Å². The second-order valence-electron chi connectivity index (χ2n) is 4.36. The van der Waals surface area contributed by atoms with Crippen LogP contribution in [0, 0.1) is 10.1 Å². The number of benzene rings is 1. The van der Waals surface area contributed by atoms with Gasteiger partial charge in [-0.3, -0.25) is 24.3 Å². The van der Waals surface area contributed by atoms with Crippen molar-refractivity contribution in [3.8, 4) is 0 Å². The predicted molar refractivity (Wildman–Crippen MR) is 73.4 cm³/mol. The summed E-state index contributed by atoms with van der Waals surface area (Å²) in [4.78, 5) is 45.5. The average molecular weight is 289 g/mol. The lowest BCUT2D eigenvalue weighted by molar-refractivity contribution is -0.384. The van der Waals surface area contributed by atoms with Crippen LogP contribution in [0.1, 0.15) is 10.4 Å². The molecule has 1 aromatic carbocycles. The Bertz CT molecular complexity index is 834. The normalized spacial score (nSPS) is 10.3. The van der Waals surface area contributed by atoms with Gasteiger partial charge in [-0.25, -0.2) is 4.79 Å². The number of rotatable bonds is 4. The molecule has 0 amide bonds. The molecule has 8 nitrogen and oxygen atoms in total. The molecule has 0 atom stereocenters. The molecule has 0 spiro atoms. The van der Waals surface area contributed by atoms with E-state index in [9.17, 15) is 24.5 Å². The number of aromatic nitrogens is 2. The molecule has 21 heavy (non-hydrogen) atoms. The second kappa shape index (κ2) is 5.53. The fourth-order valence-corrected chi connectivity index (χ4v) is 1.79. The molecule has 0 radical (unpaired) electrons. The summed E-state index contributed by atoms with van der Waals surface area (Å²) in [6.45, 7) is -0.465. The zero-order chi connectivity index (χ0) is 15.6. The van der Waals surface area contributed by atoms with Gasteiger partial charge in [-0.15, -0.1) is 0 Å². The Kier molecular flexibility index (Phi) is 3.79. The van der Waals surface area contributed by atoms with Crippen LogP contribution in [0.2, 0.25) is 0 Å². The fraction of sp³-hybridized carbons (Fsp3) is 0.154. The minimum atomic E-state index is -0.624. The van der Waals surface area contributed by atoms with E-state index in [1.54, 1.807) is 0 Å². The number of carbonyl (C=O) groups excluding carboxylic acids is 1. The van der Waals surface area contributed by atoms with E-state index in [1.165, 1.54) is 42.1 Å². The third-order valence-electron chi connectivity index (χ3n) is 2.92. The maximum absolute atomic E-state index is 12.1. The quantitative estimate of drug-likeness (QED) is 0.458. The van der Waals surface area contributed by atoms with E-state index >= 15 is 0 Å². The Hall–Kier alpha value is -3.03. The van der Waals surface area contributed by atoms with Crippen molar-refractivity contribution < 1.29 is 9.72 Å². The Morgan fingerprint density at radius 1 is 1.29 bits per heavy atom. The van der Waals surface area contributed by atoms with Gasteiger partial charge in [-0.05, 0) is 0 Å². The summed E-state index contributed by atoms with van der Waals surface area (Å²) < 4.78 is 1.95. The Morgan fingerprint density at radius 3 is 2.67 bits per heavy atom. The Balaban J connectivity index is 2.37. The summed E-state index contributed by atoms with van der Waals surface area (Å²) in [5.41, 5.74) is -1.38. The van der Waals surface area contributed by atoms with E-state index in [0.29, 0.717) is 0 Å². The van der Waals surface area contributed by atoms with Crippen molar-refractivity contribution in [2.75, 3.05) is 0 Å². The second-order valence-corrected chi connectivity index (χ2v) is 4.36. The first kappa shape index (κ1) is 14.4. The van der Waals surface area contributed by atoms with Crippen LogP contribution in [-0.2, 0) is 13.6 Å². The number of ketones is 1. The third kappa shape index (κ3) is 2.94. The summed E-state index contributed by atoms with van der Waals surface area (Å²) in [7, 11) is 1.45. The molecule has 0 fully saturated rings. The maximum atomic E-state index is 12.1. The van der Waals surface area contributed by atoms with E-state index in [0.717, 1.165) is 10.6 Å². The number of non-ortho nitro benzene ring substituents is 1. The standard InChI is InChI=1S/C13H11N3O5/c1-14-6-5-12(18)15(13(14)19)8-11(17)9-3-2-4-10(7-9)16(20)21/h2-7H,8H2,1H3. The highest BCUT2D eigenvalue weighted by Gasteiger charge is 2.14. The number of carbonyl (C=O) groups is 1. The lowest BCUT2D eigenvalue weighted by Crippen LogP contribution is -2.39. The molecular weight excluding hydrogens is 278 g/mol. The molecular formula is C13H11N3O5. The molecule has 1 heterocycles. The minimum Gasteiger partial charge on any atom is -0.303 e. The Labute approximate surface area is 118 Å². The van der Waals surface area contributed by atoms with Gasteiger partial charge in [0, 0.05) is 37.0 Å². The molecule has 0 N–H and O–H groups in total. The van der Waals surface area contributed by atoms with Gasteiger partial charge < -0.3 is 4.57 Å². The lowest BCUT2D eigenvalue weighted by atomic mass is 10.1. The zero-order valence-electron chi connectivity index (χ0n) is 11.1. The molecule has 108 valence electrons. The van der Waals surface area contributed by atoms with Crippen molar-refractivity contribution >= 4 is 11.5 Å². The monoisotopic (exact) mass is 289 g/mol. The van der Waals surface area contributed by atoms with Crippen LogP contribution >= 0.6 is 0 Å². The van der Waals surface area contributed by atoms with Crippen LogP contribution in [0.15, 0.2) is 46.1 Å². The summed E-state index contributed by atoms with van der Waals surface area (Å²) >= 11 is 0. The van der Waals surface area contributed by atoms with Gasteiger partial charge >= 0.3 is 5.69 Å². The van der Waals surface area contributed by atoms with Crippen LogP contribution in [-0.4, -0.2) is 19.8 Å². The van der Waals surface area contributed by atoms with Crippen LogP contribution < -0.4 is 11.2 Å². The summed E-state index contributed by atoms with van der Waals surface area (Å²) in [5.74, 6) is -0.552. The van der Waals surface area contributed by atoms with Gasteiger partial charge in [0.05, 0.1) is 11.5 Å². The molecule has 0 saturated heterocycles. The van der Waals surface area contributed by atoms with Crippen LogP contribution in [0.4, 0.5) is 5.69 Å². The summed E-state index contributed by atoms with van der Waals surface area (Å²) in [6, 6.07) is 6.30. The van der Waals surface area contributed by atoms with Gasteiger partial charge in [0.1, 0.15) is 0 Å². The molecule has 2 aromatic rings. The van der Waals surface area contributed by atoms with Crippen LogP contribution in [0.25, 0.3) is 0 Å². The fourth-order valence-electron chi connectivity index (χ4n) is 1.79. The summed E-state index contributed by atoms with van der Waals surface area (Å²) in [5, 5.41) is 10.7. The molecule has 0 aliphatic heterocycles. The first-order chi connectivity index (χ1) is 9.90. The largest absolute Gasteiger partial charge is 0.331 e. The smallest absolute Gasteiger partial charge is 0.303 e. The number of hydrogen-bond acceptors (Lipinski definition) is 5. The number of nitrogens with zero attached hydrogens (tertiary/aromatic N) is 3. The first-order valence-corrected chi connectivity index (χ1v) is 5.94. The lowest BCUT2D eigenvalue weighted by Gasteiger charge is -2.05. The van der Waals surface area contributed by atoms with Gasteiger partial charge in [0.25, 0.3) is 11.2 Å². The van der Waals surface area contributed by atoms with Crippen LogP contribution in [0.3, 0.4) is 0 Å². The highest BCUT2D eigenvalue weighted by molar-refractivity contribution is 5.96. The minimum absolute atomic E-state index is 0.0713. The molecule has 8 heteroatoms. The van der Waals surface area contributed by atoms with E-state index in [4.69, 9.17) is 0 Å². The number of nitro benzene ring substituents is 1. The molecule has 1 aromatic heterocycles. The Morgan fingerprint density at radius 2 is 2.00 bits per heavy atom.